The van der Waals surface area contributed by atoms with E-state index in [0.29, 0.717) is 6.54 Å². The summed E-state index contributed by atoms with van der Waals surface area (Å²) in [4.78, 5) is 25.4. The van der Waals surface area contributed by atoms with E-state index in [1.54, 1.807) is 0 Å². The smallest absolute Gasteiger partial charge is 0.228 e. The highest BCUT2D eigenvalue weighted by atomic mass is 16.2. The zero-order valence-electron chi connectivity index (χ0n) is 16.7. The van der Waals surface area contributed by atoms with Crippen LogP contribution in [0.3, 0.4) is 0 Å². The lowest BCUT2D eigenvalue weighted by molar-refractivity contribution is -0.134. The number of carbonyl (C=O) groups is 2. The summed E-state index contributed by atoms with van der Waals surface area (Å²) >= 11 is 0. The molecule has 0 saturated heterocycles. The molecule has 2 aromatic rings. The van der Waals surface area contributed by atoms with Gasteiger partial charge in [-0.15, -0.1) is 0 Å². The van der Waals surface area contributed by atoms with Crippen LogP contribution in [-0.2, 0) is 16.1 Å². The molecule has 5 nitrogen and oxygen atoms in total. The van der Waals surface area contributed by atoms with Crippen molar-refractivity contribution in [1.82, 2.24) is 9.88 Å². The third-order valence-electron chi connectivity index (χ3n) is 5.68. The summed E-state index contributed by atoms with van der Waals surface area (Å²) in [5.74, 6) is -0.453. The minimum absolute atomic E-state index is 0.0302. The predicted octanol–water partition coefficient (Wildman–Crippen LogP) is 4.24. The van der Waals surface area contributed by atoms with E-state index in [1.165, 1.54) is 11.2 Å². The van der Waals surface area contributed by atoms with Crippen molar-refractivity contribution in [3.8, 4) is 0 Å². The van der Waals surface area contributed by atoms with Gasteiger partial charge in [0.05, 0.1) is 0 Å². The molecule has 5 heteroatoms. The van der Waals surface area contributed by atoms with E-state index in [0.717, 1.165) is 49.7 Å². The topological polar surface area (TPSA) is 63.1 Å². The van der Waals surface area contributed by atoms with Crippen LogP contribution in [0.4, 0.5) is 5.69 Å². The van der Waals surface area contributed by atoms with Crippen molar-refractivity contribution in [2.45, 2.75) is 59.4 Å². The summed E-state index contributed by atoms with van der Waals surface area (Å²) in [5.41, 5.74) is 3.21. The summed E-state index contributed by atoms with van der Waals surface area (Å²) in [7, 11) is 0. The van der Waals surface area contributed by atoms with E-state index < -0.39 is 0 Å². The minimum atomic E-state index is -0.242. The number of hydrogen-bond donors (Lipinski definition) is 2. The van der Waals surface area contributed by atoms with Gasteiger partial charge in [-0.25, -0.2) is 0 Å². The van der Waals surface area contributed by atoms with Gasteiger partial charge in [0, 0.05) is 47.2 Å². The van der Waals surface area contributed by atoms with Crippen molar-refractivity contribution in [2.75, 3.05) is 11.9 Å². The Hall–Kier alpha value is -2.30. The molecule has 1 saturated carbocycles. The number of fused-ring (bicyclic) bond motifs is 1. The van der Waals surface area contributed by atoms with Gasteiger partial charge < -0.3 is 15.2 Å². The molecule has 2 atom stereocenters. The second-order valence-corrected chi connectivity index (χ2v) is 7.58. The molecule has 1 aliphatic rings. The molecule has 0 radical (unpaired) electrons. The molecule has 1 aromatic heterocycles. The number of aromatic nitrogens is 1. The van der Waals surface area contributed by atoms with E-state index in [9.17, 15) is 9.59 Å². The van der Waals surface area contributed by atoms with Gasteiger partial charge in [0.1, 0.15) is 0 Å². The highest BCUT2D eigenvalue weighted by Gasteiger charge is 2.35. The number of amides is 2. The van der Waals surface area contributed by atoms with Gasteiger partial charge in [0.25, 0.3) is 0 Å². The molecule has 2 amide bonds. The van der Waals surface area contributed by atoms with Gasteiger partial charge >= 0.3 is 0 Å². The largest absolute Gasteiger partial charge is 0.356 e. The lowest BCUT2D eigenvalue weighted by Crippen LogP contribution is -2.41. The molecule has 2 N–H and O–H groups in total. The highest BCUT2D eigenvalue weighted by Crippen LogP contribution is 2.32. The van der Waals surface area contributed by atoms with Gasteiger partial charge in [-0.2, -0.15) is 0 Å². The lowest BCUT2D eigenvalue weighted by atomic mass is 9.78. The first-order valence-electron chi connectivity index (χ1n) is 10.2. The van der Waals surface area contributed by atoms with Crippen LogP contribution in [-0.4, -0.2) is 22.9 Å². The molecule has 0 aliphatic heterocycles. The number of nitrogens with one attached hydrogen (secondary N) is 2. The van der Waals surface area contributed by atoms with Crippen LogP contribution in [0.25, 0.3) is 10.9 Å². The van der Waals surface area contributed by atoms with E-state index >= 15 is 0 Å². The third kappa shape index (κ3) is 4.18. The van der Waals surface area contributed by atoms with E-state index in [2.05, 4.69) is 41.2 Å². The summed E-state index contributed by atoms with van der Waals surface area (Å²) in [6.45, 7) is 7.87. The maximum atomic E-state index is 12.9. The standard InChI is InChI=1S/C22H31N3O2/c1-4-12-23-21(26)18-8-6-7-9-19(18)22(27)24-17-10-11-20-16(14-17)13-15(3)25(20)5-2/h10-11,13-14,18-19H,4-9,12H2,1-3H3,(H,23,26)(H,24,27)/t18-,19+/m1/s1. The highest BCUT2D eigenvalue weighted by molar-refractivity contribution is 5.98. The molecule has 0 bridgehead atoms. The molecule has 1 fully saturated rings. The van der Waals surface area contributed by atoms with Gasteiger partial charge in [0.15, 0.2) is 0 Å². The summed E-state index contributed by atoms with van der Waals surface area (Å²) in [6, 6.07) is 8.20. The number of carbonyl (C=O) groups excluding carboxylic acids is 2. The first-order valence-corrected chi connectivity index (χ1v) is 10.2. The molecule has 1 aliphatic carbocycles. The van der Waals surface area contributed by atoms with Gasteiger partial charge in [-0.05, 0) is 57.4 Å². The van der Waals surface area contributed by atoms with Crippen LogP contribution in [0.5, 0.6) is 0 Å². The molecular formula is C22H31N3O2. The predicted molar refractivity (Wildman–Crippen MR) is 110 cm³/mol. The normalized spacial score (nSPS) is 19.8. The minimum Gasteiger partial charge on any atom is -0.356 e. The molecule has 146 valence electrons. The molecule has 1 heterocycles. The van der Waals surface area contributed by atoms with Crippen molar-refractivity contribution in [2.24, 2.45) is 11.8 Å². The summed E-state index contributed by atoms with van der Waals surface area (Å²) < 4.78 is 2.26. The maximum Gasteiger partial charge on any atom is 0.228 e. The first-order chi connectivity index (χ1) is 13.0. The number of anilines is 1. The molecule has 0 unspecified atom stereocenters. The van der Waals surface area contributed by atoms with Crippen LogP contribution < -0.4 is 10.6 Å². The Kier molecular flexibility index (Phi) is 6.19. The third-order valence-corrected chi connectivity index (χ3v) is 5.68. The van der Waals surface area contributed by atoms with Gasteiger partial charge in [0.2, 0.25) is 11.8 Å². The van der Waals surface area contributed by atoms with Crippen LogP contribution in [0.15, 0.2) is 24.3 Å². The summed E-state index contributed by atoms with van der Waals surface area (Å²) in [5, 5.41) is 7.16. The maximum absolute atomic E-state index is 12.9. The van der Waals surface area contributed by atoms with E-state index in [1.807, 2.05) is 19.1 Å². The zero-order chi connectivity index (χ0) is 19.4. The second-order valence-electron chi connectivity index (χ2n) is 7.58. The number of aryl methyl sites for hydroxylation is 2. The Morgan fingerprint density at radius 2 is 1.78 bits per heavy atom. The van der Waals surface area contributed by atoms with Gasteiger partial charge in [-0.1, -0.05) is 19.8 Å². The Bertz CT molecular complexity index is 824. The van der Waals surface area contributed by atoms with E-state index in [4.69, 9.17) is 0 Å². The molecule has 3 rings (SSSR count). The van der Waals surface area contributed by atoms with Crippen molar-refractivity contribution in [1.29, 1.82) is 0 Å². The Balaban J connectivity index is 1.74. The summed E-state index contributed by atoms with van der Waals surface area (Å²) in [6.07, 6.45) is 4.51. The molecule has 0 spiro atoms. The fourth-order valence-corrected chi connectivity index (χ4v) is 4.28. The van der Waals surface area contributed by atoms with Crippen molar-refractivity contribution in [3.63, 3.8) is 0 Å². The van der Waals surface area contributed by atoms with Crippen molar-refractivity contribution >= 4 is 28.4 Å². The average Bonchev–Trinajstić information content (AvgIpc) is 3.00. The molecule has 1 aromatic carbocycles. The van der Waals surface area contributed by atoms with Crippen LogP contribution >= 0.6 is 0 Å². The Morgan fingerprint density at radius 1 is 1.07 bits per heavy atom. The number of rotatable bonds is 6. The molecule has 27 heavy (non-hydrogen) atoms. The first kappa shape index (κ1) is 19.5. The zero-order valence-corrected chi connectivity index (χ0v) is 16.7. The number of nitrogens with zero attached hydrogens (tertiary/aromatic N) is 1. The van der Waals surface area contributed by atoms with Crippen molar-refractivity contribution < 1.29 is 9.59 Å². The number of hydrogen-bond acceptors (Lipinski definition) is 2. The van der Waals surface area contributed by atoms with Crippen LogP contribution in [0.2, 0.25) is 0 Å². The van der Waals surface area contributed by atoms with Crippen LogP contribution in [0, 0.1) is 18.8 Å². The molecular weight excluding hydrogens is 338 g/mol. The number of benzene rings is 1. The fourth-order valence-electron chi connectivity index (χ4n) is 4.28. The lowest BCUT2D eigenvalue weighted by Gasteiger charge is -2.29. The Morgan fingerprint density at radius 3 is 2.44 bits per heavy atom. The van der Waals surface area contributed by atoms with Crippen LogP contribution in [0.1, 0.15) is 51.6 Å². The Labute approximate surface area is 161 Å². The van der Waals surface area contributed by atoms with Gasteiger partial charge in [-0.3, -0.25) is 9.59 Å². The fraction of sp³-hybridized carbons (Fsp3) is 0.545. The van der Waals surface area contributed by atoms with E-state index in [-0.39, 0.29) is 23.7 Å². The SMILES string of the molecule is CCCNC(=O)[C@@H]1CCCC[C@@H]1C(=O)Nc1ccc2c(c1)cc(C)n2CC. The average molecular weight is 370 g/mol. The second kappa shape index (κ2) is 8.59. The monoisotopic (exact) mass is 369 g/mol. The van der Waals surface area contributed by atoms with Crippen molar-refractivity contribution in [3.05, 3.63) is 30.0 Å². The quantitative estimate of drug-likeness (QED) is 0.800.